The first-order valence-electron chi connectivity index (χ1n) is 10.5. The molecule has 0 aromatic heterocycles. The van der Waals surface area contributed by atoms with Gasteiger partial charge in [-0.25, -0.2) is 0 Å². The van der Waals surface area contributed by atoms with Gasteiger partial charge in [0, 0.05) is 6.04 Å². The fraction of sp³-hybridized carbons (Fsp3) is 0.909. The maximum atomic E-state index is 11.2. The first kappa shape index (κ1) is 18.0. The lowest BCUT2D eigenvalue weighted by molar-refractivity contribution is -0.210. The molecule has 4 N–H and O–H groups in total. The summed E-state index contributed by atoms with van der Waals surface area (Å²) in [7, 11) is 0. The van der Waals surface area contributed by atoms with Crippen LogP contribution in [0.25, 0.3) is 0 Å². The normalized spacial score (nSPS) is 55.3. The van der Waals surface area contributed by atoms with Gasteiger partial charge >= 0.3 is 0 Å². The van der Waals surface area contributed by atoms with Crippen LogP contribution in [0.2, 0.25) is 0 Å². The zero-order valence-corrected chi connectivity index (χ0v) is 16.5. The van der Waals surface area contributed by atoms with Crippen LogP contribution < -0.4 is 5.73 Å². The highest BCUT2D eigenvalue weighted by Gasteiger charge is 2.64. The molecule has 4 saturated carbocycles. The summed E-state index contributed by atoms with van der Waals surface area (Å²) in [6, 6.07) is 0.189. The minimum Gasteiger partial charge on any atom is -0.390 e. The Bertz CT molecular complexity index is 583. The number of rotatable bonds is 0. The number of hydrogen-bond acceptors (Lipinski definition) is 3. The Kier molecular flexibility index (Phi) is 4.18. The summed E-state index contributed by atoms with van der Waals surface area (Å²) in [6.45, 7) is 9.34. The van der Waals surface area contributed by atoms with Gasteiger partial charge in [-0.15, -0.1) is 0 Å². The van der Waals surface area contributed by atoms with Crippen LogP contribution in [0.5, 0.6) is 0 Å². The third-order valence-electron chi connectivity index (χ3n) is 9.18. The molecule has 0 aromatic rings. The van der Waals surface area contributed by atoms with Crippen molar-refractivity contribution in [2.24, 2.45) is 40.2 Å². The lowest BCUT2D eigenvalue weighted by Crippen LogP contribution is -2.64. The van der Waals surface area contributed by atoms with Crippen molar-refractivity contribution in [3.05, 3.63) is 11.1 Å². The standard InChI is InChI=1S/C22H37NO2/c1-12(2)14-5-6-15-18-16(8-10-21(14,15)3)22(4)9-7-13(23)11-17(22)19(24)20(18)25/h13,15-20,24-25H,5-11,23H2,1-4H3/t13-,15?,16?,17?,18?,19-,20?,21-,22-/m1/s1. The maximum absolute atomic E-state index is 11.2. The van der Waals surface area contributed by atoms with Crippen molar-refractivity contribution in [2.45, 2.75) is 90.9 Å². The Morgan fingerprint density at radius 1 is 0.960 bits per heavy atom. The number of aliphatic hydroxyl groups is 2. The van der Waals surface area contributed by atoms with Gasteiger partial charge in [0.2, 0.25) is 0 Å². The van der Waals surface area contributed by atoms with Crippen molar-refractivity contribution in [3.8, 4) is 0 Å². The zero-order valence-electron chi connectivity index (χ0n) is 16.5. The van der Waals surface area contributed by atoms with Crippen LogP contribution in [0.15, 0.2) is 11.1 Å². The summed E-state index contributed by atoms with van der Waals surface area (Å²) in [5.41, 5.74) is 9.72. The van der Waals surface area contributed by atoms with Gasteiger partial charge in [0.25, 0.3) is 0 Å². The Morgan fingerprint density at radius 3 is 2.36 bits per heavy atom. The van der Waals surface area contributed by atoms with Crippen LogP contribution >= 0.6 is 0 Å². The van der Waals surface area contributed by atoms with Gasteiger partial charge in [-0.2, -0.15) is 0 Å². The Balaban J connectivity index is 1.73. The van der Waals surface area contributed by atoms with E-state index in [0.29, 0.717) is 11.8 Å². The highest BCUT2D eigenvalue weighted by Crippen LogP contribution is 2.67. The van der Waals surface area contributed by atoms with Crippen LogP contribution in [0, 0.1) is 34.5 Å². The van der Waals surface area contributed by atoms with Crippen molar-refractivity contribution in [1.82, 2.24) is 0 Å². The lowest BCUT2D eigenvalue weighted by atomic mass is 9.43. The van der Waals surface area contributed by atoms with E-state index in [1.54, 1.807) is 5.57 Å². The topological polar surface area (TPSA) is 66.5 Å². The molecule has 4 aliphatic carbocycles. The van der Waals surface area contributed by atoms with E-state index in [-0.39, 0.29) is 28.7 Å². The monoisotopic (exact) mass is 347 g/mol. The average Bonchev–Trinajstić information content (AvgIpc) is 2.91. The first-order valence-corrected chi connectivity index (χ1v) is 10.5. The van der Waals surface area contributed by atoms with Crippen LogP contribution in [0.3, 0.4) is 0 Å². The molecular weight excluding hydrogens is 310 g/mol. The molecule has 4 rings (SSSR count). The fourth-order valence-electron chi connectivity index (χ4n) is 7.93. The molecule has 5 unspecified atom stereocenters. The van der Waals surface area contributed by atoms with Crippen molar-refractivity contribution in [1.29, 1.82) is 0 Å². The highest BCUT2D eigenvalue weighted by atomic mass is 16.3. The molecule has 3 heteroatoms. The van der Waals surface area contributed by atoms with E-state index in [1.807, 2.05) is 0 Å². The van der Waals surface area contributed by atoms with Gasteiger partial charge < -0.3 is 15.9 Å². The minimum atomic E-state index is -0.601. The molecule has 0 heterocycles. The molecule has 142 valence electrons. The maximum Gasteiger partial charge on any atom is 0.0836 e. The second-order valence-corrected chi connectivity index (χ2v) is 10.4. The van der Waals surface area contributed by atoms with Crippen molar-refractivity contribution < 1.29 is 10.2 Å². The van der Waals surface area contributed by atoms with Crippen LogP contribution in [-0.2, 0) is 0 Å². The highest BCUT2D eigenvalue weighted by molar-refractivity contribution is 5.28. The second-order valence-electron chi connectivity index (χ2n) is 10.4. The number of nitrogens with two attached hydrogens (primary N) is 1. The van der Waals surface area contributed by atoms with Gasteiger partial charge in [-0.05, 0) is 93.3 Å². The molecule has 3 nitrogen and oxygen atoms in total. The van der Waals surface area contributed by atoms with E-state index in [1.165, 1.54) is 31.3 Å². The average molecular weight is 348 g/mol. The van der Waals surface area contributed by atoms with Crippen LogP contribution in [0.4, 0.5) is 0 Å². The molecule has 4 fully saturated rings. The first-order chi connectivity index (χ1) is 11.7. The summed E-state index contributed by atoms with van der Waals surface area (Å²) in [5.74, 6) is 1.48. The molecule has 9 atom stereocenters. The number of aliphatic hydroxyl groups excluding tert-OH is 2. The van der Waals surface area contributed by atoms with Crippen LogP contribution in [-0.4, -0.2) is 28.5 Å². The number of allylic oxidation sites excluding steroid dienone is 2. The summed E-state index contributed by atoms with van der Waals surface area (Å²) >= 11 is 0. The quantitative estimate of drug-likeness (QED) is 0.586. The fourth-order valence-corrected chi connectivity index (χ4v) is 7.93. The summed E-state index contributed by atoms with van der Waals surface area (Å²) in [5, 5.41) is 22.2. The molecular formula is C22H37NO2. The van der Waals surface area contributed by atoms with Crippen molar-refractivity contribution in [2.75, 3.05) is 0 Å². The SMILES string of the molecule is CC(C)=C1CCC2C3C(O)[C@H](O)C4C[C@H](N)CC[C@]4(C)C3CC[C@]12C. The Morgan fingerprint density at radius 2 is 1.68 bits per heavy atom. The van der Waals surface area contributed by atoms with Gasteiger partial charge in [0.15, 0.2) is 0 Å². The molecule has 0 aromatic carbocycles. The zero-order chi connectivity index (χ0) is 18.1. The molecule has 0 amide bonds. The third kappa shape index (κ3) is 2.34. The van der Waals surface area contributed by atoms with E-state index >= 15 is 0 Å². The number of hydrogen-bond donors (Lipinski definition) is 3. The summed E-state index contributed by atoms with van der Waals surface area (Å²) < 4.78 is 0. The minimum absolute atomic E-state index is 0.147. The molecule has 0 aliphatic heterocycles. The molecule has 25 heavy (non-hydrogen) atoms. The smallest absolute Gasteiger partial charge is 0.0836 e. The second kappa shape index (κ2) is 5.81. The largest absolute Gasteiger partial charge is 0.390 e. The van der Waals surface area contributed by atoms with Crippen LogP contribution in [0.1, 0.15) is 72.6 Å². The summed E-state index contributed by atoms with van der Waals surface area (Å²) in [4.78, 5) is 0. The van der Waals surface area contributed by atoms with Gasteiger partial charge in [0.1, 0.15) is 0 Å². The Labute approximate surface area is 153 Å². The molecule has 0 radical (unpaired) electrons. The van der Waals surface area contributed by atoms with Gasteiger partial charge in [-0.3, -0.25) is 0 Å². The molecule has 0 spiro atoms. The van der Waals surface area contributed by atoms with E-state index in [9.17, 15) is 10.2 Å². The number of fused-ring (bicyclic) bond motifs is 5. The van der Waals surface area contributed by atoms with E-state index in [0.717, 1.165) is 19.3 Å². The lowest BCUT2D eigenvalue weighted by Gasteiger charge is -2.63. The van der Waals surface area contributed by atoms with Gasteiger partial charge in [-0.1, -0.05) is 25.0 Å². The van der Waals surface area contributed by atoms with E-state index < -0.39 is 12.2 Å². The van der Waals surface area contributed by atoms with Gasteiger partial charge in [0.05, 0.1) is 12.2 Å². The third-order valence-corrected chi connectivity index (χ3v) is 9.18. The van der Waals surface area contributed by atoms with E-state index in [4.69, 9.17) is 5.73 Å². The van der Waals surface area contributed by atoms with E-state index in [2.05, 4.69) is 27.7 Å². The predicted octanol–water partition coefficient (Wildman–Crippen LogP) is 3.63. The summed E-state index contributed by atoms with van der Waals surface area (Å²) in [6.07, 6.45) is 6.69. The molecule has 4 aliphatic rings. The molecule has 0 saturated heterocycles. The van der Waals surface area contributed by atoms with Crippen molar-refractivity contribution in [3.63, 3.8) is 0 Å². The van der Waals surface area contributed by atoms with Crippen molar-refractivity contribution >= 4 is 0 Å². The Hall–Kier alpha value is -0.380. The predicted molar refractivity (Wildman–Crippen MR) is 101 cm³/mol. The molecule has 0 bridgehead atoms.